The molecule has 0 aromatic heterocycles. The quantitative estimate of drug-likeness (QED) is 0.566. The summed E-state index contributed by atoms with van der Waals surface area (Å²) >= 11 is 0.550. The second kappa shape index (κ2) is 6.76. The Balaban J connectivity index is 2.20. The van der Waals surface area contributed by atoms with Crippen molar-refractivity contribution < 1.29 is 4.74 Å². The normalized spacial score (nSPS) is 10.5. The van der Waals surface area contributed by atoms with Crippen molar-refractivity contribution in [2.75, 3.05) is 6.61 Å². The molecule has 13 heavy (non-hydrogen) atoms. The monoisotopic (exact) mass is 242 g/mol. The summed E-state index contributed by atoms with van der Waals surface area (Å²) in [5.41, 5.74) is 0. The first-order valence-corrected chi connectivity index (χ1v) is 6.44. The van der Waals surface area contributed by atoms with E-state index in [9.17, 15) is 0 Å². The summed E-state index contributed by atoms with van der Waals surface area (Å²) in [7, 11) is 0. The van der Waals surface area contributed by atoms with Gasteiger partial charge in [-0.3, -0.25) is 0 Å². The van der Waals surface area contributed by atoms with E-state index in [0.29, 0.717) is 15.0 Å². The number of allylic oxidation sites excluding steroid dienone is 1. The summed E-state index contributed by atoms with van der Waals surface area (Å²) in [6.07, 6.45) is 3.89. The van der Waals surface area contributed by atoms with Crippen LogP contribution in [-0.2, 0) is 4.74 Å². The van der Waals surface area contributed by atoms with Crippen LogP contribution in [0.25, 0.3) is 0 Å². The van der Waals surface area contributed by atoms with Crippen LogP contribution in [0.4, 0.5) is 0 Å². The van der Waals surface area contributed by atoms with Gasteiger partial charge in [0.05, 0.1) is 0 Å². The predicted molar refractivity (Wildman–Crippen MR) is 57.4 cm³/mol. The molecule has 0 atom stereocenters. The minimum atomic E-state index is 0.550. The van der Waals surface area contributed by atoms with Crippen LogP contribution in [-0.4, -0.2) is 21.6 Å². The van der Waals surface area contributed by atoms with E-state index in [0.717, 1.165) is 11.9 Å². The van der Waals surface area contributed by atoms with Crippen LogP contribution in [0.3, 0.4) is 0 Å². The molecule has 1 rings (SSSR count). The van der Waals surface area contributed by atoms with Crippen LogP contribution in [0.15, 0.2) is 42.7 Å². The maximum absolute atomic E-state index is 5.10. The predicted octanol–water partition coefficient (Wildman–Crippen LogP) is 1.98. The zero-order valence-electron chi connectivity index (χ0n) is 7.77. The first kappa shape index (κ1) is 10.4. The van der Waals surface area contributed by atoms with Gasteiger partial charge < -0.3 is 0 Å². The van der Waals surface area contributed by atoms with Crippen molar-refractivity contribution in [3.63, 3.8) is 0 Å². The van der Waals surface area contributed by atoms with Gasteiger partial charge in [0.25, 0.3) is 0 Å². The molecule has 0 saturated heterocycles. The first-order valence-electron chi connectivity index (χ1n) is 4.38. The molecule has 1 aromatic carbocycles. The zero-order chi connectivity index (χ0) is 9.36. The van der Waals surface area contributed by atoms with Crippen LogP contribution in [0, 0.1) is 0 Å². The Morgan fingerprint density at radius 3 is 2.77 bits per heavy atom. The molecule has 0 spiro atoms. The number of hydrogen-bond acceptors (Lipinski definition) is 1. The van der Waals surface area contributed by atoms with Gasteiger partial charge in [-0.25, -0.2) is 0 Å². The van der Waals surface area contributed by atoms with Crippen LogP contribution >= 0.6 is 0 Å². The Morgan fingerprint density at radius 2 is 2.08 bits per heavy atom. The summed E-state index contributed by atoms with van der Waals surface area (Å²) in [4.78, 5) is 0. The fourth-order valence-electron chi connectivity index (χ4n) is 0.865. The number of hydrogen-bond donors (Lipinski definition) is 0. The van der Waals surface area contributed by atoms with Crippen molar-refractivity contribution in [2.45, 2.75) is 12.2 Å². The molecule has 0 N–H and O–H groups in total. The van der Waals surface area contributed by atoms with Gasteiger partial charge in [-0.2, -0.15) is 0 Å². The first-order chi connectivity index (χ1) is 6.43. The molecule has 2 heteroatoms. The van der Waals surface area contributed by atoms with Gasteiger partial charge in [0, 0.05) is 0 Å². The van der Waals surface area contributed by atoms with Crippen molar-refractivity contribution in [2.24, 2.45) is 0 Å². The summed E-state index contributed by atoms with van der Waals surface area (Å²) in [6.45, 7) is 2.75. The van der Waals surface area contributed by atoms with Crippen molar-refractivity contribution in [3.8, 4) is 0 Å². The van der Waals surface area contributed by atoms with Crippen molar-refractivity contribution in [1.82, 2.24) is 0 Å². The fourth-order valence-corrected chi connectivity index (χ4v) is 2.37. The molecule has 1 nitrogen and oxygen atoms in total. The molecule has 1 aromatic rings. The second-order valence-corrected chi connectivity index (χ2v) is 4.75. The van der Waals surface area contributed by atoms with Gasteiger partial charge in [0.1, 0.15) is 0 Å². The van der Waals surface area contributed by atoms with E-state index in [1.165, 1.54) is 4.46 Å². The molecule has 0 bridgehead atoms. The van der Waals surface area contributed by atoms with Crippen molar-refractivity contribution >= 4 is 19.4 Å². The van der Waals surface area contributed by atoms with Crippen molar-refractivity contribution in [3.05, 3.63) is 42.7 Å². The number of benzene rings is 1. The van der Waals surface area contributed by atoms with Crippen LogP contribution in [0.5, 0.6) is 0 Å². The van der Waals surface area contributed by atoms with Crippen molar-refractivity contribution in [1.29, 1.82) is 0 Å². The van der Waals surface area contributed by atoms with E-state index in [-0.39, 0.29) is 0 Å². The topological polar surface area (TPSA) is 9.23 Å². The molecule has 70 valence electrons. The number of ether oxygens (including phenoxy) is 1. The molecule has 0 radical (unpaired) electrons. The SMILES string of the molecule is CCO/C=C/C[Se]c1ccccc1. The Bertz CT molecular complexity index is 244. The molecule has 0 saturated carbocycles. The third-order valence-corrected chi connectivity index (χ3v) is 3.47. The third-order valence-electron chi connectivity index (χ3n) is 1.45. The van der Waals surface area contributed by atoms with Crippen LogP contribution in [0.2, 0.25) is 5.32 Å². The number of rotatable bonds is 5. The van der Waals surface area contributed by atoms with Gasteiger partial charge in [0.15, 0.2) is 0 Å². The zero-order valence-corrected chi connectivity index (χ0v) is 9.49. The molecule has 0 aliphatic carbocycles. The second-order valence-electron chi connectivity index (χ2n) is 2.45. The van der Waals surface area contributed by atoms with Crippen LogP contribution in [0.1, 0.15) is 6.92 Å². The van der Waals surface area contributed by atoms with Gasteiger partial charge >= 0.3 is 85.7 Å². The Labute approximate surface area is 86.0 Å². The standard InChI is InChI=1S/C11H14OSe/c1-2-12-9-6-10-13-11-7-4-3-5-8-11/h3-9H,2,10H2,1H3/b9-6+. The summed E-state index contributed by atoms with van der Waals surface area (Å²) in [5.74, 6) is 0. The summed E-state index contributed by atoms with van der Waals surface area (Å²) < 4.78 is 6.54. The molecule has 0 heterocycles. The van der Waals surface area contributed by atoms with Gasteiger partial charge in [-0.15, -0.1) is 0 Å². The average molecular weight is 241 g/mol. The van der Waals surface area contributed by atoms with Gasteiger partial charge in [0.2, 0.25) is 0 Å². The molecule has 0 aliphatic rings. The van der Waals surface area contributed by atoms with E-state index in [4.69, 9.17) is 4.74 Å². The summed E-state index contributed by atoms with van der Waals surface area (Å²) in [6, 6.07) is 10.6. The average Bonchev–Trinajstić information content (AvgIpc) is 2.19. The van der Waals surface area contributed by atoms with E-state index in [1.807, 2.05) is 6.92 Å². The molecule has 0 unspecified atom stereocenters. The molecular weight excluding hydrogens is 227 g/mol. The fraction of sp³-hybridized carbons (Fsp3) is 0.273. The van der Waals surface area contributed by atoms with E-state index < -0.39 is 0 Å². The van der Waals surface area contributed by atoms with Gasteiger partial charge in [-0.1, -0.05) is 0 Å². The molecule has 0 amide bonds. The summed E-state index contributed by atoms with van der Waals surface area (Å²) in [5, 5.41) is 1.11. The molecule has 0 aliphatic heterocycles. The Morgan fingerprint density at radius 1 is 1.31 bits per heavy atom. The van der Waals surface area contributed by atoms with E-state index >= 15 is 0 Å². The van der Waals surface area contributed by atoms with E-state index in [1.54, 1.807) is 6.26 Å². The Kier molecular flexibility index (Phi) is 5.39. The molecular formula is C11H14OSe. The van der Waals surface area contributed by atoms with Crippen LogP contribution < -0.4 is 4.46 Å². The van der Waals surface area contributed by atoms with E-state index in [2.05, 4.69) is 36.4 Å². The Hall–Kier alpha value is -0.721. The maximum atomic E-state index is 5.10. The third kappa shape index (κ3) is 4.76. The van der Waals surface area contributed by atoms with Gasteiger partial charge in [-0.05, 0) is 0 Å². The molecule has 0 fully saturated rings. The minimum absolute atomic E-state index is 0.550.